The van der Waals surface area contributed by atoms with Crippen LogP contribution < -0.4 is 10.6 Å². The highest BCUT2D eigenvalue weighted by atomic mass is 31.2. The number of carbonyl (C=O) groups is 1. The SMILES string of the molecule is COC(=O)N=P(c1ccccc1)(c1ccccc1)C(C)(Cc1ccccc1)C(O)C(C)(C)C. The fraction of sp³-hybridized carbons (Fsp3) is 0.321. The molecule has 3 rings (SSSR count). The molecule has 0 saturated heterocycles. The van der Waals surface area contributed by atoms with Crippen LogP contribution in [0.1, 0.15) is 33.3 Å². The van der Waals surface area contributed by atoms with Crippen LogP contribution in [0.2, 0.25) is 0 Å². The van der Waals surface area contributed by atoms with Crippen molar-refractivity contribution in [2.75, 3.05) is 7.11 Å². The van der Waals surface area contributed by atoms with Gasteiger partial charge in [-0.05, 0) is 28.0 Å². The van der Waals surface area contributed by atoms with Gasteiger partial charge in [0.15, 0.2) is 0 Å². The van der Waals surface area contributed by atoms with Crippen LogP contribution in [0.5, 0.6) is 0 Å². The summed E-state index contributed by atoms with van der Waals surface area (Å²) in [5.74, 6) is 0. The normalized spacial score (nSPS) is 14.7. The van der Waals surface area contributed by atoms with Gasteiger partial charge in [0.1, 0.15) is 0 Å². The molecule has 2 unspecified atom stereocenters. The number of methoxy groups -OCH3 is 1. The van der Waals surface area contributed by atoms with Crippen molar-refractivity contribution in [3.8, 4) is 0 Å². The van der Waals surface area contributed by atoms with E-state index in [9.17, 15) is 9.90 Å². The number of nitrogens with zero attached hydrogens (tertiary/aromatic N) is 1. The Morgan fingerprint density at radius 1 is 0.848 bits per heavy atom. The van der Waals surface area contributed by atoms with Gasteiger partial charge in [0, 0.05) is 12.2 Å². The van der Waals surface area contributed by atoms with E-state index in [-0.39, 0.29) is 0 Å². The largest absolute Gasteiger partial charge is 0.451 e. The third kappa shape index (κ3) is 4.98. The number of amides is 1. The van der Waals surface area contributed by atoms with E-state index in [0.29, 0.717) is 6.42 Å². The highest BCUT2D eigenvalue weighted by Gasteiger charge is 2.53. The van der Waals surface area contributed by atoms with Gasteiger partial charge in [0.05, 0.1) is 13.2 Å². The lowest BCUT2D eigenvalue weighted by Crippen LogP contribution is -2.52. The second-order valence-corrected chi connectivity index (χ2v) is 13.2. The number of carbonyl (C=O) groups excluding carboxylic acids is 1. The second kappa shape index (κ2) is 10.1. The van der Waals surface area contributed by atoms with E-state index in [2.05, 4.69) is 19.1 Å². The third-order valence-electron chi connectivity index (χ3n) is 6.22. The molecule has 0 heterocycles. The first-order chi connectivity index (χ1) is 15.6. The minimum Gasteiger partial charge on any atom is -0.451 e. The predicted octanol–water partition coefficient (Wildman–Crippen LogP) is 6.01. The summed E-state index contributed by atoms with van der Waals surface area (Å²) in [6, 6.07) is 30.0. The van der Waals surface area contributed by atoms with Crippen LogP contribution in [0.3, 0.4) is 0 Å². The maximum absolute atomic E-state index is 12.9. The van der Waals surface area contributed by atoms with Crippen molar-refractivity contribution in [3.05, 3.63) is 96.6 Å². The zero-order valence-electron chi connectivity index (χ0n) is 20.1. The molecule has 0 saturated carbocycles. The van der Waals surface area contributed by atoms with Crippen LogP contribution in [-0.2, 0) is 11.2 Å². The molecular formula is C28H34NO3P. The second-order valence-electron chi connectivity index (χ2n) is 9.66. The summed E-state index contributed by atoms with van der Waals surface area (Å²) in [5, 5.41) is 13.1. The summed E-state index contributed by atoms with van der Waals surface area (Å²) in [5.41, 5.74) is 0.629. The minimum absolute atomic E-state index is 0.454. The highest BCUT2D eigenvalue weighted by molar-refractivity contribution is 7.82. The molecule has 1 amide bonds. The van der Waals surface area contributed by atoms with Crippen LogP contribution >= 0.6 is 7.05 Å². The van der Waals surface area contributed by atoms with E-state index >= 15 is 0 Å². The molecule has 5 heteroatoms. The van der Waals surface area contributed by atoms with Crippen molar-refractivity contribution in [1.29, 1.82) is 0 Å². The smallest absolute Gasteiger partial charge is 0.432 e. The molecule has 174 valence electrons. The molecular weight excluding hydrogens is 429 g/mol. The molecule has 2 atom stereocenters. The topological polar surface area (TPSA) is 58.9 Å². The van der Waals surface area contributed by atoms with Gasteiger partial charge in [-0.1, -0.05) is 119 Å². The van der Waals surface area contributed by atoms with E-state index < -0.39 is 29.8 Å². The van der Waals surface area contributed by atoms with E-state index in [1.165, 1.54) is 7.11 Å². The van der Waals surface area contributed by atoms with Gasteiger partial charge in [0.2, 0.25) is 0 Å². The molecule has 0 aliphatic heterocycles. The van der Waals surface area contributed by atoms with Gasteiger partial charge in [-0.25, -0.2) is 4.79 Å². The van der Waals surface area contributed by atoms with Crippen LogP contribution in [0.4, 0.5) is 4.79 Å². The third-order valence-corrected chi connectivity index (χ3v) is 10.7. The molecule has 0 aliphatic rings. The summed E-state index contributed by atoms with van der Waals surface area (Å²) in [4.78, 5) is 12.9. The highest BCUT2D eigenvalue weighted by Crippen LogP contribution is 2.63. The molecule has 0 spiro atoms. The molecule has 4 nitrogen and oxygen atoms in total. The van der Waals surface area contributed by atoms with Crippen molar-refractivity contribution < 1.29 is 14.6 Å². The standard InChI is InChI=1S/C28H34NO3P/c1-27(2,3)25(30)28(4,21-22-15-9-6-10-16-22)33(29-26(31)32-5,23-17-11-7-12-18-23)24-19-13-8-14-20-24/h6-20,25,30H,21H2,1-5H3. The monoisotopic (exact) mass is 463 g/mol. The lowest BCUT2D eigenvalue weighted by atomic mass is 9.79. The Hall–Kier alpha value is -2.68. The van der Waals surface area contributed by atoms with Gasteiger partial charge in [-0.3, -0.25) is 0 Å². The Morgan fingerprint density at radius 2 is 1.27 bits per heavy atom. The van der Waals surface area contributed by atoms with Crippen LogP contribution in [0, 0.1) is 5.41 Å². The number of rotatable bonds is 6. The zero-order chi connectivity index (χ0) is 24.1. The molecule has 3 aromatic rings. The van der Waals surface area contributed by atoms with Crippen LogP contribution in [0.15, 0.2) is 95.7 Å². The number of aliphatic hydroxyl groups excluding tert-OH is 1. The maximum Gasteiger partial charge on any atom is 0.432 e. The molecule has 1 N–H and O–H groups in total. The number of ether oxygens (including phenoxy) is 1. The summed E-state index contributed by atoms with van der Waals surface area (Å²) in [6.45, 7) is 8.17. The number of benzene rings is 3. The van der Waals surface area contributed by atoms with Gasteiger partial charge < -0.3 is 9.84 Å². The number of hydrogen-bond donors (Lipinski definition) is 1. The first-order valence-corrected chi connectivity index (χ1v) is 12.9. The Kier molecular flexibility index (Phi) is 7.62. The Morgan fingerprint density at radius 3 is 1.67 bits per heavy atom. The summed E-state index contributed by atoms with van der Waals surface area (Å²) >= 11 is 0. The zero-order valence-corrected chi connectivity index (χ0v) is 21.0. The van der Waals surface area contributed by atoms with Crippen molar-refractivity contribution >= 4 is 23.8 Å². The quantitative estimate of drug-likeness (QED) is 0.455. The first kappa shape index (κ1) is 25.0. The van der Waals surface area contributed by atoms with E-state index in [1.54, 1.807) is 0 Å². The summed E-state index contributed by atoms with van der Waals surface area (Å²) in [7, 11) is -1.56. The molecule has 0 aliphatic carbocycles. The van der Waals surface area contributed by atoms with Crippen molar-refractivity contribution in [2.24, 2.45) is 10.2 Å². The average molecular weight is 464 g/mol. The predicted molar refractivity (Wildman–Crippen MR) is 138 cm³/mol. The molecule has 0 radical (unpaired) electrons. The van der Waals surface area contributed by atoms with Gasteiger partial charge in [-0.2, -0.15) is 4.74 Å². The van der Waals surface area contributed by atoms with Gasteiger partial charge >= 0.3 is 6.09 Å². The summed E-state index contributed by atoms with van der Waals surface area (Å²) < 4.78 is 9.96. The lowest BCUT2D eigenvalue weighted by molar-refractivity contribution is 0.0308. The minimum atomic E-state index is -2.91. The van der Waals surface area contributed by atoms with Crippen molar-refractivity contribution in [2.45, 2.75) is 45.4 Å². The first-order valence-electron chi connectivity index (χ1n) is 11.2. The number of hydrogen-bond acceptors (Lipinski definition) is 3. The Bertz CT molecular complexity index is 1060. The van der Waals surface area contributed by atoms with Crippen LogP contribution in [-0.4, -0.2) is 29.6 Å². The molecule has 0 fully saturated rings. The molecule has 3 aromatic carbocycles. The molecule has 33 heavy (non-hydrogen) atoms. The van der Waals surface area contributed by atoms with E-state index in [1.807, 2.05) is 99.6 Å². The van der Waals surface area contributed by atoms with Crippen molar-refractivity contribution in [3.63, 3.8) is 0 Å². The fourth-order valence-corrected chi connectivity index (χ4v) is 9.37. The lowest BCUT2D eigenvalue weighted by Gasteiger charge is -2.49. The van der Waals surface area contributed by atoms with Gasteiger partial charge in [-0.15, -0.1) is 0 Å². The van der Waals surface area contributed by atoms with E-state index in [4.69, 9.17) is 9.48 Å². The molecule has 0 aromatic heterocycles. The van der Waals surface area contributed by atoms with Gasteiger partial charge in [0.25, 0.3) is 0 Å². The maximum atomic E-state index is 12.9. The Labute approximate surface area is 197 Å². The summed E-state index contributed by atoms with van der Waals surface area (Å²) in [6.07, 6.45) is -0.853. The molecule has 0 bridgehead atoms. The van der Waals surface area contributed by atoms with Crippen LogP contribution in [0.25, 0.3) is 0 Å². The average Bonchev–Trinajstić information content (AvgIpc) is 2.83. The Balaban J connectivity index is 2.49. The fourth-order valence-electron chi connectivity index (χ4n) is 4.75. The van der Waals surface area contributed by atoms with E-state index in [0.717, 1.165) is 16.2 Å². The van der Waals surface area contributed by atoms with Crippen molar-refractivity contribution in [1.82, 2.24) is 0 Å². The number of aliphatic hydroxyl groups is 1.